The maximum Gasteiger partial charge on any atom is 0.222 e. The van der Waals surface area contributed by atoms with Crippen LogP contribution in [0.15, 0.2) is 29.6 Å². The normalized spacial score (nSPS) is 17.9. The van der Waals surface area contributed by atoms with Crippen LogP contribution in [0.1, 0.15) is 17.9 Å². The molecule has 0 saturated heterocycles. The average molecular weight is 387 g/mol. The topological polar surface area (TPSA) is 78.3 Å². The van der Waals surface area contributed by atoms with Crippen molar-refractivity contribution < 1.29 is 18.4 Å². The molecule has 7 nitrogen and oxygen atoms in total. The Labute approximate surface area is 165 Å². The number of aromatic nitrogens is 3. The molecule has 1 amide bonds. The number of hydrogen-bond acceptors (Lipinski definition) is 6. The van der Waals surface area contributed by atoms with Crippen molar-refractivity contribution in [3.8, 4) is 22.8 Å². The highest BCUT2D eigenvalue weighted by Gasteiger charge is 2.25. The Balaban J connectivity index is 1.89. The molecule has 140 valence electrons. The van der Waals surface area contributed by atoms with Crippen molar-refractivity contribution >= 4 is 34.4 Å². The zero-order valence-corrected chi connectivity index (χ0v) is 15.9. The summed E-state index contributed by atoms with van der Waals surface area (Å²) in [5.74, 6) is 0.965. The lowest BCUT2D eigenvalue weighted by Gasteiger charge is -2.25. The number of nitrogens with one attached hydrogen (secondary N) is 1. The first-order valence-electron chi connectivity index (χ1n) is 9.79. The Morgan fingerprint density at radius 2 is 2.33 bits per heavy atom. The molecule has 1 atom stereocenters. The van der Waals surface area contributed by atoms with Crippen LogP contribution in [-0.4, -0.2) is 39.4 Å². The van der Waals surface area contributed by atoms with Gasteiger partial charge in [-0.05, 0) is 19.2 Å². The molecule has 4 rings (SSSR count). The lowest BCUT2D eigenvalue weighted by Crippen LogP contribution is -2.26. The summed E-state index contributed by atoms with van der Waals surface area (Å²) in [5, 5.41) is 4.19. The van der Waals surface area contributed by atoms with Crippen LogP contribution in [0.2, 0.25) is 0 Å². The third-order valence-electron chi connectivity index (χ3n) is 4.21. The van der Waals surface area contributed by atoms with Gasteiger partial charge in [0.2, 0.25) is 5.91 Å². The van der Waals surface area contributed by atoms with Crippen LogP contribution in [0, 0.1) is 0 Å². The minimum absolute atomic E-state index is 0.0970. The lowest BCUT2D eigenvalue weighted by atomic mass is 10.1. The van der Waals surface area contributed by atoms with E-state index in [1.807, 2.05) is 24.1 Å². The van der Waals surface area contributed by atoms with E-state index in [0.717, 1.165) is 16.5 Å². The predicted octanol–water partition coefficient (Wildman–Crippen LogP) is 3.48. The second-order valence-electron chi connectivity index (χ2n) is 6.18. The molecular formula is C19H20N4O3S. The number of nitrogens with zero attached hydrogens (tertiary/aromatic N) is 3. The van der Waals surface area contributed by atoms with Crippen LogP contribution in [-0.2, 0) is 11.8 Å². The monoisotopic (exact) mass is 387 g/mol. The molecular weight excluding hydrogens is 364 g/mol. The Bertz CT molecular complexity index is 1150. The van der Waals surface area contributed by atoms with E-state index in [1.54, 1.807) is 18.3 Å². The van der Waals surface area contributed by atoms with E-state index in [-0.39, 0.29) is 12.5 Å². The summed E-state index contributed by atoms with van der Waals surface area (Å²) in [6.45, 7) is -0.969. The van der Waals surface area contributed by atoms with E-state index in [9.17, 15) is 4.79 Å². The number of carbonyl (C=O) groups excluding carboxylic acids is 1. The SMILES string of the molecule is [2H]C([2H])([2H])C1COc2c(cc(SC)nc2-c2cn(C)c3cnc(NC(C)=O)cc23)O1. The maximum atomic E-state index is 11.4. The number of hydrogen-bond donors (Lipinski definition) is 1. The number of amides is 1. The molecule has 0 spiro atoms. The fourth-order valence-corrected chi connectivity index (χ4v) is 3.47. The summed E-state index contributed by atoms with van der Waals surface area (Å²) in [5.41, 5.74) is 2.16. The molecule has 8 heteroatoms. The fourth-order valence-electron chi connectivity index (χ4n) is 3.06. The van der Waals surface area contributed by atoms with E-state index in [4.69, 9.17) is 18.6 Å². The molecule has 0 aliphatic carbocycles. The third kappa shape index (κ3) is 3.21. The zero-order valence-electron chi connectivity index (χ0n) is 18.1. The van der Waals surface area contributed by atoms with Gasteiger partial charge in [0.05, 0.1) is 11.7 Å². The Hall–Kier alpha value is -2.74. The highest BCUT2D eigenvalue weighted by molar-refractivity contribution is 7.98. The van der Waals surface area contributed by atoms with Gasteiger partial charge in [-0.2, -0.15) is 0 Å². The van der Waals surface area contributed by atoms with Crippen molar-refractivity contribution in [2.24, 2.45) is 7.05 Å². The van der Waals surface area contributed by atoms with Gasteiger partial charge in [-0.1, -0.05) is 0 Å². The molecule has 0 saturated carbocycles. The smallest absolute Gasteiger partial charge is 0.222 e. The number of ether oxygens (including phenoxy) is 2. The molecule has 1 aliphatic rings. The number of pyridine rings is 2. The van der Waals surface area contributed by atoms with E-state index in [2.05, 4.69) is 10.3 Å². The van der Waals surface area contributed by atoms with Gasteiger partial charge >= 0.3 is 0 Å². The minimum atomic E-state index is -2.29. The molecule has 1 N–H and O–H groups in total. The largest absolute Gasteiger partial charge is 0.484 e. The van der Waals surface area contributed by atoms with Gasteiger partial charge in [-0.3, -0.25) is 4.79 Å². The standard InChI is InChI=1S/C19H20N4O3S/c1-10-9-25-19-15(26-10)6-17(27-4)22-18(19)13-8-23(3)14-7-20-16(5-12(13)14)21-11(2)24/h5-8,10H,9H2,1-4H3,(H,20,21,24)/i1D3. The minimum Gasteiger partial charge on any atom is -0.484 e. The Kier molecular flexibility index (Phi) is 3.59. The first kappa shape index (κ1) is 14.3. The summed E-state index contributed by atoms with van der Waals surface area (Å²) in [7, 11) is 1.89. The Morgan fingerprint density at radius 3 is 3.07 bits per heavy atom. The van der Waals surface area contributed by atoms with E-state index < -0.39 is 13.0 Å². The van der Waals surface area contributed by atoms with Crippen LogP contribution in [0.5, 0.6) is 11.5 Å². The molecule has 27 heavy (non-hydrogen) atoms. The number of rotatable bonds is 3. The van der Waals surface area contributed by atoms with Gasteiger partial charge in [-0.15, -0.1) is 11.8 Å². The zero-order chi connectivity index (χ0) is 21.6. The van der Waals surface area contributed by atoms with Crippen molar-refractivity contribution in [2.75, 3.05) is 18.2 Å². The van der Waals surface area contributed by atoms with E-state index in [0.29, 0.717) is 28.0 Å². The summed E-state index contributed by atoms with van der Waals surface area (Å²) in [4.78, 5) is 20.4. The van der Waals surface area contributed by atoms with Crippen LogP contribution >= 0.6 is 11.8 Å². The molecule has 0 bridgehead atoms. The van der Waals surface area contributed by atoms with Crippen molar-refractivity contribution in [1.29, 1.82) is 0 Å². The van der Waals surface area contributed by atoms with Crippen molar-refractivity contribution in [3.63, 3.8) is 0 Å². The second-order valence-corrected chi connectivity index (χ2v) is 7.01. The number of fused-ring (bicyclic) bond motifs is 2. The summed E-state index contributed by atoms with van der Waals surface area (Å²) < 4.78 is 36.4. The fraction of sp³-hybridized carbons (Fsp3) is 0.316. The highest BCUT2D eigenvalue weighted by Crippen LogP contribution is 2.44. The molecule has 3 aromatic rings. The van der Waals surface area contributed by atoms with Crippen LogP contribution in [0.4, 0.5) is 5.82 Å². The summed E-state index contributed by atoms with van der Waals surface area (Å²) in [6, 6.07) is 3.47. The van der Waals surface area contributed by atoms with Crippen LogP contribution < -0.4 is 14.8 Å². The molecule has 0 fully saturated rings. The first-order valence-corrected chi connectivity index (χ1v) is 9.51. The quantitative estimate of drug-likeness (QED) is 0.693. The van der Waals surface area contributed by atoms with Crippen LogP contribution in [0.25, 0.3) is 22.2 Å². The van der Waals surface area contributed by atoms with E-state index >= 15 is 0 Å². The molecule has 3 aromatic heterocycles. The van der Waals surface area contributed by atoms with Crippen LogP contribution in [0.3, 0.4) is 0 Å². The lowest BCUT2D eigenvalue weighted by molar-refractivity contribution is -0.114. The molecule has 0 aromatic carbocycles. The average Bonchev–Trinajstić information content (AvgIpc) is 3.01. The van der Waals surface area contributed by atoms with Gasteiger partial charge in [0, 0.05) is 41.3 Å². The van der Waals surface area contributed by atoms with Crippen molar-refractivity contribution in [2.45, 2.75) is 24.9 Å². The number of carbonyl (C=O) groups is 1. The molecule has 1 aliphatic heterocycles. The van der Waals surface area contributed by atoms with Gasteiger partial charge in [-0.25, -0.2) is 9.97 Å². The highest BCUT2D eigenvalue weighted by atomic mass is 32.2. The number of aryl methyl sites for hydroxylation is 1. The third-order valence-corrected chi connectivity index (χ3v) is 4.84. The number of anilines is 1. The van der Waals surface area contributed by atoms with Crippen molar-refractivity contribution in [1.82, 2.24) is 14.5 Å². The second kappa shape index (κ2) is 6.77. The summed E-state index contributed by atoms with van der Waals surface area (Å²) >= 11 is 1.42. The molecule has 0 radical (unpaired) electrons. The Morgan fingerprint density at radius 1 is 1.48 bits per heavy atom. The maximum absolute atomic E-state index is 11.4. The van der Waals surface area contributed by atoms with Gasteiger partial charge in [0.15, 0.2) is 11.5 Å². The number of thioether (sulfide) groups is 1. The van der Waals surface area contributed by atoms with Gasteiger partial charge in [0.1, 0.15) is 29.2 Å². The van der Waals surface area contributed by atoms with Gasteiger partial charge < -0.3 is 19.4 Å². The molecule has 4 heterocycles. The summed E-state index contributed by atoms with van der Waals surface area (Å²) in [6.07, 6.45) is 4.41. The van der Waals surface area contributed by atoms with Gasteiger partial charge in [0.25, 0.3) is 0 Å². The van der Waals surface area contributed by atoms with Crippen molar-refractivity contribution in [3.05, 3.63) is 24.5 Å². The predicted molar refractivity (Wildman–Crippen MR) is 106 cm³/mol. The first-order chi connectivity index (χ1) is 14.2. The van der Waals surface area contributed by atoms with E-state index in [1.165, 1.54) is 18.7 Å². The molecule has 1 unspecified atom stereocenters.